The van der Waals surface area contributed by atoms with Crippen molar-refractivity contribution in [3.8, 4) is 5.75 Å². The Morgan fingerprint density at radius 1 is 1.10 bits per heavy atom. The summed E-state index contributed by atoms with van der Waals surface area (Å²) >= 11 is 0. The molecule has 0 bridgehead atoms. The summed E-state index contributed by atoms with van der Waals surface area (Å²) in [7, 11) is 1.71. The van der Waals surface area contributed by atoms with Gasteiger partial charge in [0.05, 0.1) is 20.3 Å². The van der Waals surface area contributed by atoms with Crippen molar-refractivity contribution in [2.24, 2.45) is 0 Å². The highest BCUT2D eigenvalue weighted by atomic mass is 16.5. The maximum absolute atomic E-state index is 5.41. The quantitative estimate of drug-likeness (QED) is 0.860. The highest BCUT2D eigenvalue weighted by molar-refractivity contribution is 5.84. The van der Waals surface area contributed by atoms with Crippen LogP contribution < -0.4 is 4.74 Å². The van der Waals surface area contributed by atoms with E-state index >= 15 is 0 Å². The third kappa shape index (κ3) is 3.36. The zero-order chi connectivity index (χ0) is 14.7. The van der Waals surface area contributed by atoms with Crippen LogP contribution in [0, 0.1) is 0 Å². The number of hydrogen-bond acceptors (Lipinski definition) is 3. The third-order valence-electron chi connectivity index (χ3n) is 4.28. The SMILES string of the molecule is COc1ccc2cc(C(C)CN3CCOCC3)ccc2c1. The van der Waals surface area contributed by atoms with Crippen molar-refractivity contribution in [2.45, 2.75) is 12.8 Å². The Morgan fingerprint density at radius 2 is 1.81 bits per heavy atom. The van der Waals surface area contributed by atoms with Crippen LogP contribution in [0.15, 0.2) is 36.4 Å². The number of morpholine rings is 1. The molecule has 1 fully saturated rings. The number of nitrogens with zero attached hydrogens (tertiary/aromatic N) is 1. The Labute approximate surface area is 126 Å². The molecule has 0 aromatic heterocycles. The maximum Gasteiger partial charge on any atom is 0.119 e. The topological polar surface area (TPSA) is 21.7 Å². The second kappa shape index (κ2) is 6.46. The van der Waals surface area contributed by atoms with Crippen LogP contribution in [0.4, 0.5) is 0 Å². The number of ether oxygens (including phenoxy) is 2. The minimum Gasteiger partial charge on any atom is -0.497 e. The van der Waals surface area contributed by atoms with Crippen LogP contribution >= 0.6 is 0 Å². The van der Waals surface area contributed by atoms with Gasteiger partial charge in [-0.1, -0.05) is 31.2 Å². The van der Waals surface area contributed by atoms with Crippen LogP contribution in [0.5, 0.6) is 5.75 Å². The lowest BCUT2D eigenvalue weighted by atomic mass is 9.97. The molecule has 1 aliphatic heterocycles. The summed E-state index contributed by atoms with van der Waals surface area (Å²) in [6.45, 7) is 7.24. The van der Waals surface area contributed by atoms with Gasteiger partial charge in [0.15, 0.2) is 0 Å². The van der Waals surface area contributed by atoms with Crippen molar-refractivity contribution in [3.63, 3.8) is 0 Å². The van der Waals surface area contributed by atoms with Crippen LogP contribution in [0.1, 0.15) is 18.4 Å². The Bertz CT molecular complexity index is 605. The van der Waals surface area contributed by atoms with Crippen molar-refractivity contribution >= 4 is 10.8 Å². The Hall–Kier alpha value is -1.58. The molecule has 21 heavy (non-hydrogen) atoms. The van der Waals surface area contributed by atoms with E-state index in [0.29, 0.717) is 5.92 Å². The van der Waals surface area contributed by atoms with E-state index in [0.717, 1.165) is 38.6 Å². The lowest BCUT2D eigenvalue weighted by Crippen LogP contribution is -2.38. The molecule has 0 saturated carbocycles. The van der Waals surface area contributed by atoms with E-state index in [9.17, 15) is 0 Å². The highest BCUT2D eigenvalue weighted by Crippen LogP contribution is 2.25. The fraction of sp³-hybridized carbons (Fsp3) is 0.444. The Balaban J connectivity index is 1.76. The van der Waals surface area contributed by atoms with Crippen molar-refractivity contribution in [2.75, 3.05) is 40.0 Å². The molecule has 1 aliphatic rings. The summed E-state index contributed by atoms with van der Waals surface area (Å²) in [5.74, 6) is 1.45. The van der Waals surface area contributed by atoms with Gasteiger partial charge in [-0.05, 0) is 34.4 Å². The maximum atomic E-state index is 5.41. The molecular weight excluding hydrogens is 262 g/mol. The van der Waals surface area contributed by atoms with E-state index in [2.05, 4.69) is 42.2 Å². The van der Waals surface area contributed by atoms with Gasteiger partial charge in [-0.15, -0.1) is 0 Å². The van der Waals surface area contributed by atoms with Crippen LogP contribution in [-0.2, 0) is 4.74 Å². The van der Waals surface area contributed by atoms with Crippen LogP contribution in [-0.4, -0.2) is 44.9 Å². The lowest BCUT2D eigenvalue weighted by Gasteiger charge is -2.29. The van der Waals surface area contributed by atoms with Crippen molar-refractivity contribution in [3.05, 3.63) is 42.0 Å². The lowest BCUT2D eigenvalue weighted by molar-refractivity contribution is 0.0357. The number of fused-ring (bicyclic) bond motifs is 1. The zero-order valence-corrected chi connectivity index (χ0v) is 12.8. The van der Waals surface area contributed by atoms with E-state index < -0.39 is 0 Å². The van der Waals surface area contributed by atoms with Gasteiger partial charge in [-0.25, -0.2) is 0 Å². The zero-order valence-electron chi connectivity index (χ0n) is 12.8. The highest BCUT2D eigenvalue weighted by Gasteiger charge is 2.15. The summed E-state index contributed by atoms with van der Waals surface area (Å²) < 4.78 is 10.7. The number of methoxy groups -OCH3 is 1. The first kappa shape index (κ1) is 14.4. The van der Waals surface area contributed by atoms with E-state index in [4.69, 9.17) is 9.47 Å². The van der Waals surface area contributed by atoms with Gasteiger partial charge >= 0.3 is 0 Å². The summed E-state index contributed by atoms with van der Waals surface area (Å²) in [5, 5.41) is 2.51. The summed E-state index contributed by atoms with van der Waals surface area (Å²) in [4.78, 5) is 2.49. The van der Waals surface area contributed by atoms with Gasteiger partial charge in [-0.3, -0.25) is 4.90 Å². The third-order valence-corrected chi connectivity index (χ3v) is 4.28. The van der Waals surface area contributed by atoms with Crippen molar-refractivity contribution in [1.29, 1.82) is 0 Å². The predicted molar refractivity (Wildman–Crippen MR) is 86.2 cm³/mol. The van der Waals surface area contributed by atoms with Crippen LogP contribution in [0.25, 0.3) is 10.8 Å². The normalized spacial score (nSPS) is 17.8. The second-order valence-electron chi connectivity index (χ2n) is 5.79. The first-order valence-corrected chi connectivity index (χ1v) is 7.64. The largest absolute Gasteiger partial charge is 0.497 e. The second-order valence-corrected chi connectivity index (χ2v) is 5.79. The fourth-order valence-corrected chi connectivity index (χ4v) is 2.95. The van der Waals surface area contributed by atoms with E-state index in [1.807, 2.05) is 6.07 Å². The molecule has 0 aliphatic carbocycles. The molecule has 0 amide bonds. The van der Waals surface area contributed by atoms with E-state index in [1.165, 1.54) is 16.3 Å². The van der Waals surface area contributed by atoms with E-state index in [1.54, 1.807) is 7.11 Å². The van der Waals surface area contributed by atoms with Crippen molar-refractivity contribution in [1.82, 2.24) is 4.90 Å². The minimum atomic E-state index is 0.537. The molecule has 0 spiro atoms. The van der Waals surface area contributed by atoms with Crippen LogP contribution in [0.3, 0.4) is 0 Å². The number of rotatable bonds is 4. The molecular formula is C18H23NO2. The molecule has 2 aromatic carbocycles. The van der Waals surface area contributed by atoms with Gasteiger partial charge in [0.25, 0.3) is 0 Å². The fourth-order valence-electron chi connectivity index (χ4n) is 2.95. The molecule has 3 nitrogen and oxygen atoms in total. The first-order valence-electron chi connectivity index (χ1n) is 7.64. The first-order chi connectivity index (χ1) is 10.3. The smallest absolute Gasteiger partial charge is 0.119 e. The molecule has 0 radical (unpaired) electrons. The van der Waals surface area contributed by atoms with Gasteiger partial charge < -0.3 is 9.47 Å². The monoisotopic (exact) mass is 285 g/mol. The standard InChI is InChI=1S/C18H23NO2/c1-14(13-19-7-9-21-10-8-19)15-3-4-17-12-18(20-2)6-5-16(17)11-15/h3-6,11-12,14H,7-10,13H2,1-2H3. The minimum absolute atomic E-state index is 0.537. The molecule has 2 aromatic rings. The molecule has 3 heteroatoms. The van der Waals surface area contributed by atoms with Crippen LogP contribution in [0.2, 0.25) is 0 Å². The molecule has 3 rings (SSSR count). The van der Waals surface area contributed by atoms with E-state index in [-0.39, 0.29) is 0 Å². The molecule has 0 N–H and O–H groups in total. The average Bonchev–Trinajstić information content (AvgIpc) is 2.54. The summed E-state index contributed by atoms with van der Waals surface area (Å²) in [5.41, 5.74) is 1.40. The Morgan fingerprint density at radius 3 is 2.57 bits per heavy atom. The molecule has 1 saturated heterocycles. The van der Waals surface area contributed by atoms with Crippen molar-refractivity contribution < 1.29 is 9.47 Å². The van der Waals surface area contributed by atoms with Gasteiger partial charge in [0.1, 0.15) is 5.75 Å². The van der Waals surface area contributed by atoms with Gasteiger partial charge in [0, 0.05) is 19.6 Å². The van der Waals surface area contributed by atoms with Gasteiger partial charge in [-0.2, -0.15) is 0 Å². The number of benzene rings is 2. The van der Waals surface area contributed by atoms with Gasteiger partial charge in [0.2, 0.25) is 0 Å². The number of hydrogen-bond donors (Lipinski definition) is 0. The molecule has 112 valence electrons. The summed E-state index contributed by atoms with van der Waals surface area (Å²) in [6.07, 6.45) is 0. The molecule has 1 unspecified atom stereocenters. The summed E-state index contributed by atoms with van der Waals surface area (Å²) in [6, 6.07) is 13.0. The predicted octanol–water partition coefficient (Wildman–Crippen LogP) is 3.28. The Kier molecular flexibility index (Phi) is 4.42. The molecule has 1 atom stereocenters. The molecule has 1 heterocycles. The average molecular weight is 285 g/mol.